The summed E-state index contributed by atoms with van der Waals surface area (Å²) in [6.45, 7) is 1.97. The summed E-state index contributed by atoms with van der Waals surface area (Å²) in [4.78, 5) is 18.1. The van der Waals surface area contributed by atoms with Gasteiger partial charge in [-0.2, -0.15) is 0 Å². The topological polar surface area (TPSA) is 42.0 Å². The van der Waals surface area contributed by atoms with Crippen molar-refractivity contribution >= 4 is 45.5 Å². The van der Waals surface area contributed by atoms with Crippen LogP contribution in [-0.4, -0.2) is 16.6 Å². The van der Waals surface area contributed by atoms with Gasteiger partial charge in [0, 0.05) is 21.7 Å². The Bertz CT molecular complexity index is 479. The summed E-state index contributed by atoms with van der Waals surface area (Å²) >= 11 is 4.84. The van der Waals surface area contributed by atoms with E-state index < -0.39 is 0 Å². The lowest BCUT2D eigenvalue weighted by Gasteiger charge is -2.00. The Morgan fingerprint density at radius 1 is 1.59 bits per heavy atom. The molecule has 3 nitrogen and oxygen atoms in total. The maximum atomic E-state index is 11.6. The number of aryl methyl sites for hydroxylation is 1. The van der Waals surface area contributed by atoms with E-state index in [9.17, 15) is 4.79 Å². The van der Waals surface area contributed by atoms with Gasteiger partial charge >= 0.3 is 0 Å². The van der Waals surface area contributed by atoms with Gasteiger partial charge in [0.1, 0.15) is 0 Å². The smallest absolute Gasteiger partial charge is 0.236 e. The first-order chi connectivity index (χ1) is 8.24. The zero-order valence-electron chi connectivity index (χ0n) is 9.30. The van der Waals surface area contributed by atoms with Gasteiger partial charge in [0.2, 0.25) is 5.91 Å². The number of thioether (sulfide) groups is 1. The van der Waals surface area contributed by atoms with E-state index in [4.69, 9.17) is 0 Å². The number of carbonyl (C=O) groups excluding carboxylic acids is 1. The lowest BCUT2D eigenvalue weighted by atomic mass is 10.5. The molecule has 0 aliphatic carbocycles. The van der Waals surface area contributed by atoms with Crippen molar-refractivity contribution < 1.29 is 4.79 Å². The van der Waals surface area contributed by atoms with Crippen LogP contribution < -0.4 is 5.32 Å². The molecule has 6 heteroatoms. The van der Waals surface area contributed by atoms with E-state index in [-0.39, 0.29) is 5.91 Å². The van der Waals surface area contributed by atoms with Crippen LogP contribution >= 0.6 is 34.4 Å². The molecule has 2 aromatic rings. The lowest BCUT2D eigenvalue weighted by Crippen LogP contribution is -2.13. The Labute approximate surface area is 112 Å². The highest BCUT2D eigenvalue weighted by Crippen LogP contribution is 2.19. The van der Waals surface area contributed by atoms with Crippen LogP contribution in [0.2, 0.25) is 0 Å². The molecule has 0 aliphatic heterocycles. The first-order valence-electron chi connectivity index (χ1n) is 5.06. The summed E-state index contributed by atoms with van der Waals surface area (Å²) in [5.74, 6) is 1.37. The maximum absolute atomic E-state index is 11.6. The van der Waals surface area contributed by atoms with E-state index >= 15 is 0 Å². The molecule has 0 aliphatic rings. The molecule has 90 valence electrons. The van der Waals surface area contributed by atoms with Crippen LogP contribution in [0.5, 0.6) is 0 Å². The van der Waals surface area contributed by atoms with Crippen LogP contribution in [-0.2, 0) is 10.5 Å². The van der Waals surface area contributed by atoms with E-state index in [0.29, 0.717) is 10.9 Å². The molecule has 1 amide bonds. The van der Waals surface area contributed by atoms with Crippen LogP contribution in [0, 0.1) is 6.92 Å². The fourth-order valence-electron chi connectivity index (χ4n) is 1.21. The fraction of sp³-hybridized carbons (Fsp3) is 0.273. The van der Waals surface area contributed by atoms with Crippen LogP contribution in [0.15, 0.2) is 23.7 Å². The summed E-state index contributed by atoms with van der Waals surface area (Å²) in [6.07, 6.45) is 1.76. The van der Waals surface area contributed by atoms with Gasteiger partial charge in [-0.3, -0.25) is 4.79 Å². The van der Waals surface area contributed by atoms with Crippen LogP contribution in [0.25, 0.3) is 0 Å². The number of anilines is 1. The lowest BCUT2D eigenvalue weighted by molar-refractivity contribution is -0.113. The van der Waals surface area contributed by atoms with Crippen molar-refractivity contribution in [3.05, 3.63) is 33.5 Å². The molecule has 2 rings (SSSR count). The summed E-state index contributed by atoms with van der Waals surface area (Å²) < 4.78 is 0. The van der Waals surface area contributed by atoms with Crippen molar-refractivity contribution in [2.75, 3.05) is 11.1 Å². The average molecular weight is 284 g/mol. The molecule has 0 radical (unpaired) electrons. The predicted octanol–water partition coefficient (Wildman–Crippen LogP) is 3.38. The van der Waals surface area contributed by atoms with Crippen LogP contribution in [0.4, 0.5) is 5.13 Å². The molecule has 1 N–H and O–H groups in total. The molecule has 0 aromatic carbocycles. The zero-order valence-corrected chi connectivity index (χ0v) is 11.8. The number of thiazole rings is 1. The van der Waals surface area contributed by atoms with Crippen molar-refractivity contribution in [2.45, 2.75) is 12.7 Å². The molecule has 0 bridgehead atoms. The van der Waals surface area contributed by atoms with Gasteiger partial charge in [0.15, 0.2) is 5.13 Å². The van der Waals surface area contributed by atoms with Crippen LogP contribution in [0.1, 0.15) is 9.75 Å². The normalized spacial score (nSPS) is 10.4. The number of hydrogen-bond acceptors (Lipinski definition) is 5. The minimum absolute atomic E-state index is 0.0147. The van der Waals surface area contributed by atoms with Gasteiger partial charge in [0.05, 0.1) is 5.75 Å². The standard InChI is InChI=1S/C11H12N2OS3/c1-8-5-12-11(17-8)13-10(14)7-15-6-9-3-2-4-16-9/h2-5H,6-7H2,1H3,(H,12,13,14). The fourth-order valence-corrected chi connectivity index (χ4v) is 3.56. The molecule has 0 spiro atoms. The first kappa shape index (κ1) is 12.6. The summed E-state index contributed by atoms with van der Waals surface area (Å²) in [7, 11) is 0. The van der Waals surface area contributed by atoms with Crippen LogP contribution in [0.3, 0.4) is 0 Å². The average Bonchev–Trinajstić information content (AvgIpc) is 2.90. The van der Waals surface area contributed by atoms with Gasteiger partial charge in [-0.15, -0.1) is 34.4 Å². The molecular weight excluding hydrogens is 272 g/mol. The third-order valence-electron chi connectivity index (χ3n) is 1.93. The molecule has 0 saturated carbocycles. The highest BCUT2D eigenvalue weighted by Gasteiger charge is 2.05. The SMILES string of the molecule is Cc1cnc(NC(=O)CSCc2cccs2)s1. The van der Waals surface area contributed by atoms with E-state index in [1.165, 1.54) is 16.2 Å². The molecule has 0 fully saturated rings. The Morgan fingerprint density at radius 3 is 3.12 bits per heavy atom. The molecule has 17 heavy (non-hydrogen) atoms. The second-order valence-electron chi connectivity index (χ2n) is 3.40. The van der Waals surface area contributed by atoms with Crippen molar-refractivity contribution in [3.8, 4) is 0 Å². The van der Waals surface area contributed by atoms with Gasteiger partial charge in [-0.1, -0.05) is 6.07 Å². The minimum atomic E-state index is 0.0147. The van der Waals surface area contributed by atoms with Crippen molar-refractivity contribution in [1.29, 1.82) is 0 Å². The number of rotatable bonds is 5. The molecule has 2 heterocycles. The third kappa shape index (κ3) is 4.14. The second kappa shape index (κ2) is 6.18. The summed E-state index contributed by atoms with van der Waals surface area (Å²) in [6, 6.07) is 4.11. The van der Waals surface area contributed by atoms with Gasteiger partial charge < -0.3 is 5.32 Å². The second-order valence-corrected chi connectivity index (χ2v) is 6.65. The Kier molecular flexibility index (Phi) is 4.58. The van der Waals surface area contributed by atoms with Gasteiger partial charge in [-0.05, 0) is 18.4 Å². The number of carbonyl (C=O) groups is 1. The Morgan fingerprint density at radius 2 is 2.47 bits per heavy atom. The molecule has 0 atom stereocenters. The maximum Gasteiger partial charge on any atom is 0.236 e. The predicted molar refractivity (Wildman–Crippen MR) is 76.0 cm³/mol. The molecule has 0 saturated heterocycles. The first-order valence-corrected chi connectivity index (χ1v) is 7.91. The number of nitrogens with zero attached hydrogens (tertiary/aromatic N) is 1. The number of hydrogen-bond donors (Lipinski definition) is 1. The van der Waals surface area contributed by atoms with Crippen molar-refractivity contribution in [3.63, 3.8) is 0 Å². The minimum Gasteiger partial charge on any atom is -0.301 e. The number of thiophene rings is 1. The third-order valence-corrected chi connectivity index (χ3v) is 4.79. The molecule has 2 aromatic heterocycles. The molecule has 0 unspecified atom stereocenters. The highest BCUT2D eigenvalue weighted by molar-refractivity contribution is 7.99. The van der Waals surface area contributed by atoms with Crippen molar-refractivity contribution in [1.82, 2.24) is 4.98 Å². The van der Waals surface area contributed by atoms with E-state index in [0.717, 1.165) is 10.6 Å². The molecular formula is C11H12N2OS3. The van der Waals surface area contributed by atoms with Gasteiger partial charge in [0.25, 0.3) is 0 Å². The van der Waals surface area contributed by atoms with E-state index in [2.05, 4.69) is 16.4 Å². The number of amides is 1. The van der Waals surface area contributed by atoms with E-state index in [1.54, 1.807) is 29.3 Å². The summed E-state index contributed by atoms with van der Waals surface area (Å²) in [5.41, 5.74) is 0. The monoisotopic (exact) mass is 284 g/mol. The number of aromatic nitrogens is 1. The Hall–Kier alpha value is -0.850. The van der Waals surface area contributed by atoms with E-state index in [1.807, 2.05) is 18.4 Å². The quantitative estimate of drug-likeness (QED) is 0.915. The zero-order chi connectivity index (χ0) is 12.1. The van der Waals surface area contributed by atoms with Crippen molar-refractivity contribution in [2.24, 2.45) is 0 Å². The van der Waals surface area contributed by atoms with Gasteiger partial charge in [-0.25, -0.2) is 4.98 Å². The Balaban J connectivity index is 1.71. The summed E-state index contributed by atoms with van der Waals surface area (Å²) in [5, 5.41) is 5.53. The number of nitrogens with one attached hydrogen (secondary N) is 1. The largest absolute Gasteiger partial charge is 0.301 e. The highest BCUT2D eigenvalue weighted by atomic mass is 32.2.